The van der Waals surface area contributed by atoms with E-state index >= 15 is 0 Å². The average Bonchev–Trinajstić information content (AvgIpc) is 3.39. The van der Waals surface area contributed by atoms with Gasteiger partial charge in [0.15, 0.2) is 11.6 Å². The SMILES string of the molecule is COCc1cccc(CC(O)C/C=C2/C(=O)C=CC2C/C=C\CCCc2nn[nH]n2)c1. The summed E-state index contributed by atoms with van der Waals surface area (Å²) in [5, 5.41) is 24.3. The number of benzene rings is 1. The minimum Gasteiger partial charge on any atom is -0.392 e. The molecule has 0 saturated carbocycles. The zero-order valence-electron chi connectivity index (χ0n) is 17.9. The number of nitrogens with zero attached hydrogens (tertiary/aromatic N) is 3. The standard InChI is InChI=1S/C24H30N4O3/c1-31-17-19-8-6-7-18(15-19)16-21(29)12-13-22-20(11-14-23(22)30)9-4-2-3-5-10-24-25-27-28-26-24/h2,4,6-8,11,13-15,20-21,29H,3,5,9-10,12,16-17H2,1H3,(H,25,26,27,28)/b4-2-,22-13+. The first-order valence-electron chi connectivity index (χ1n) is 10.7. The number of aromatic amines is 1. The van der Waals surface area contributed by atoms with Crippen LogP contribution in [-0.4, -0.2) is 44.7 Å². The maximum atomic E-state index is 12.2. The molecule has 7 heteroatoms. The first kappa shape index (κ1) is 22.8. The molecule has 0 amide bonds. The number of unbranched alkanes of at least 4 members (excludes halogenated alkanes) is 1. The summed E-state index contributed by atoms with van der Waals surface area (Å²) in [4.78, 5) is 12.2. The second kappa shape index (κ2) is 12.1. The molecule has 1 heterocycles. The van der Waals surface area contributed by atoms with Gasteiger partial charge < -0.3 is 9.84 Å². The smallest absolute Gasteiger partial charge is 0.181 e. The third kappa shape index (κ3) is 7.38. The molecule has 2 aromatic rings. The van der Waals surface area contributed by atoms with E-state index in [1.54, 1.807) is 13.2 Å². The molecule has 2 atom stereocenters. The molecule has 7 nitrogen and oxygen atoms in total. The van der Waals surface area contributed by atoms with Crippen LogP contribution >= 0.6 is 0 Å². The molecule has 31 heavy (non-hydrogen) atoms. The van der Waals surface area contributed by atoms with E-state index in [1.165, 1.54) is 0 Å². The van der Waals surface area contributed by atoms with Gasteiger partial charge in [0, 0.05) is 25.0 Å². The maximum absolute atomic E-state index is 12.2. The number of tetrazole rings is 1. The van der Waals surface area contributed by atoms with Gasteiger partial charge in [-0.25, -0.2) is 0 Å². The Bertz CT molecular complexity index is 919. The van der Waals surface area contributed by atoms with Crippen LogP contribution in [0.4, 0.5) is 0 Å². The number of methoxy groups -OCH3 is 1. The number of hydrogen-bond acceptors (Lipinski definition) is 6. The van der Waals surface area contributed by atoms with Gasteiger partial charge in [0.1, 0.15) is 0 Å². The highest BCUT2D eigenvalue weighted by atomic mass is 16.5. The number of rotatable bonds is 12. The number of carbonyl (C=O) groups excluding carboxylic acids is 1. The predicted octanol–water partition coefficient (Wildman–Crippen LogP) is 3.29. The largest absolute Gasteiger partial charge is 0.392 e. The van der Waals surface area contributed by atoms with Crippen molar-refractivity contribution in [3.8, 4) is 0 Å². The predicted molar refractivity (Wildman–Crippen MR) is 118 cm³/mol. The number of ketones is 1. The Labute approximate surface area is 182 Å². The zero-order valence-corrected chi connectivity index (χ0v) is 17.9. The molecule has 1 aromatic carbocycles. The molecule has 3 rings (SSSR count). The van der Waals surface area contributed by atoms with Crippen molar-refractivity contribution in [3.05, 3.63) is 77.2 Å². The van der Waals surface area contributed by atoms with E-state index < -0.39 is 6.10 Å². The lowest BCUT2D eigenvalue weighted by Gasteiger charge is -2.12. The normalized spacial score (nSPS) is 18.5. The quantitative estimate of drug-likeness (QED) is 0.309. The zero-order chi connectivity index (χ0) is 21.9. The molecular weight excluding hydrogens is 392 g/mol. The van der Waals surface area contributed by atoms with Crippen molar-refractivity contribution in [2.45, 2.75) is 51.2 Å². The minimum absolute atomic E-state index is 0.0461. The van der Waals surface area contributed by atoms with E-state index in [0.29, 0.717) is 19.4 Å². The number of aromatic nitrogens is 4. The summed E-state index contributed by atoms with van der Waals surface area (Å²) in [6, 6.07) is 8.04. The summed E-state index contributed by atoms with van der Waals surface area (Å²) >= 11 is 0. The van der Waals surface area contributed by atoms with Crippen LogP contribution in [-0.2, 0) is 29.0 Å². The molecule has 164 valence electrons. The lowest BCUT2D eigenvalue weighted by Crippen LogP contribution is -2.11. The second-order valence-corrected chi connectivity index (χ2v) is 7.76. The number of ether oxygens (including phenoxy) is 1. The van der Waals surface area contributed by atoms with Gasteiger partial charge in [0.25, 0.3) is 0 Å². The fourth-order valence-corrected chi connectivity index (χ4v) is 3.70. The fourth-order valence-electron chi connectivity index (χ4n) is 3.70. The van der Waals surface area contributed by atoms with Crippen LogP contribution in [0.3, 0.4) is 0 Å². The van der Waals surface area contributed by atoms with Gasteiger partial charge in [-0.1, -0.05) is 53.8 Å². The van der Waals surface area contributed by atoms with Crippen LogP contribution in [0.5, 0.6) is 0 Å². The van der Waals surface area contributed by atoms with E-state index in [9.17, 15) is 9.90 Å². The molecule has 0 aliphatic heterocycles. The highest BCUT2D eigenvalue weighted by molar-refractivity contribution is 6.07. The number of aryl methyl sites for hydroxylation is 1. The summed E-state index contributed by atoms with van der Waals surface area (Å²) in [5.41, 5.74) is 2.94. The van der Waals surface area contributed by atoms with Crippen molar-refractivity contribution in [1.29, 1.82) is 0 Å². The Morgan fingerprint density at radius 1 is 1.29 bits per heavy atom. The Kier molecular flexibility index (Phi) is 8.87. The number of H-pyrrole nitrogens is 1. The Balaban J connectivity index is 1.45. The van der Waals surface area contributed by atoms with Gasteiger partial charge in [-0.2, -0.15) is 5.21 Å². The van der Waals surface area contributed by atoms with E-state index in [-0.39, 0.29) is 11.7 Å². The first-order valence-corrected chi connectivity index (χ1v) is 10.7. The molecule has 0 fully saturated rings. The lowest BCUT2D eigenvalue weighted by molar-refractivity contribution is -0.111. The summed E-state index contributed by atoms with van der Waals surface area (Å²) in [5.74, 6) is 0.856. The topological polar surface area (TPSA) is 101 Å². The molecule has 0 saturated heterocycles. The van der Waals surface area contributed by atoms with Gasteiger partial charge >= 0.3 is 0 Å². The van der Waals surface area contributed by atoms with Crippen LogP contribution in [0.2, 0.25) is 0 Å². The molecule has 0 radical (unpaired) electrons. The molecular formula is C24H30N4O3. The monoisotopic (exact) mass is 422 g/mol. The summed E-state index contributed by atoms with van der Waals surface area (Å²) in [6.45, 7) is 0.556. The third-order valence-corrected chi connectivity index (χ3v) is 5.26. The highest BCUT2D eigenvalue weighted by Crippen LogP contribution is 2.26. The van der Waals surface area contributed by atoms with Gasteiger partial charge in [-0.3, -0.25) is 4.79 Å². The molecule has 2 unspecified atom stereocenters. The summed E-state index contributed by atoms with van der Waals surface area (Å²) < 4.78 is 5.17. The van der Waals surface area contributed by atoms with Crippen molar-refractivity contribution in [1.82, 2.24) is 20.6 Å². The number of aliphatic hydroxyl groups excluding tert-OH is 1. The van der Waals surface area contributed by atoms with Gasteiger partial charge in [0.05, 0.1) is 12.7 Å². The molecule has 0 spiro atoms. The van der Waals surface area contributed by atoms with Crippen LogP contribution in [0.25, 0.3) is 0 Å². The number of allylic oxidation sites excluding steroid dienone is 5. The molecule has 1 aliphatic rings. The van der Waals surface area contributed by atoms with Crippen molar-refractivity contribution in [2.24, 2.45) is 5.92 Å². The molecule has 1 aliphatic carbocycles. The average molecular weight is 423 g/mol. The molecule has 1 aromatic heterocycles. The van der Waals surface area contributed by atoms with Crippen molar-refractivity contribution < 1.29 is 14.6 Å². The second-order valence-electron chi connectivity index (χ2n) is 7.76. The highest BCUT2D eigenvalue weighted by Gasteiger charge is 2.22. The van der Waals surface area contributed by atoms with Crippen LogP contribution in [0, 0.1) is 5.92 Å². The van der Waals surface area contributed by atoms with Crippen molar-refractivity contribution >= 4 is 5.78 Å². The Hall–Kier alpha value is -2.90. The number of hydrogen-bond donors (Lipinski definition) is 2. The van der Waals surface area contributed by atoms with Crippen LogP contribution < -0.4 is 0 Å². The lowest BCUT2D eigenvalue weighted by atomic mass is 9.95. The Morgan fingerprint density at radius 3 is 2.97 bits per heavy atom. The van der Waals surface area contributed by atoms with Crippen molar-refractivity contribution in [2.75, 3.05) is 7.11 Å². The van der Waals surface area contributed by atoms with E-state index in [0.717, 1.165) is 48.2 Å². The number of carbonyl (C=O) groups is 1. The van der Waals surface area contributed by atoms with Crippen molar-refractivity contribution in [3.63, 3.8) is 0 Å². The minimum atomic E-state index is -0.528. The fraction of sp³-hybridized carbons (Fsp3) is 0.417. The summed E-state index contributed by atoms with van der Waals surface area (Å²) in [7, 11) is 1.67. The van der Waals surface area contributed by atoms with Gasteiger partial charge in [-0.05, 0) is 49.3 Å². The maximum Gasteiger partial charge on any atom is 0.181 e. The van der Waals surface area contributed by atoms with E-state index in [1.807, 2.05) is 30.4 Å². The Morgan fingerprint density at radius 2 is 2.16 bits per heavy atom. The number of nitrogens with one attached hydrogen (secondary N) is 1. The van der Waals surface area contributed by atoms with E-state index in [4.69, 9.17) is 4.74 Å². The molecule has 2 N–H and O–H groups in total. The van der Waals surface area contributed by atoms with Gasteiger partial charge in [0.2, 0.25) is 0 Å². The first-order chi connectivity index (χ1) is 15.2. The van der Waals surface area contributed by atoms with E-state index in [2.05, 4.69) is 38.8 Å². The summed E-state index contributed by atoms with van der Waals surface area (Å²) in [6.07, 6.45) is 13.7. The molecule has 0 bridgehead atoms. The van der Waals surface area contributed by atoms with Gasteiger partial charge in [-0.15, -0.1) is 10.2 Å². The van der Waals surface area contributed by atoms with Crippen LogP contribution in [0.1, 0.15) is 42.6 Å². The number of aliphatic hydroxyl groups is 1. The van der Waals surface area contributed by atoms with Crippen LogP contribution in [0.15, 0.2) is 60.2 Å². The third-order valence-electron chi connectivity index (χ3n) is 5.26.